The standard InChI is InChI=1S/C16H27NO2.C6H4Cl2.C2H6.H2IN/c1-14(18)6-5-11-17-12-9-16(19,10-13-17)15-7-3-2-4-8-15;7-5-3-1-2-4-6(5)8;2*1-2/h2-3,7,14,18-19H,4-6,8-13H2,1H3;1-4H;1-2H3;2H2. The lowest BCUT2D eigenvalue weighted by atomic mass is 9.80. The molecule has 0 aromatic heterocycles. The van der Waals surface area contributed by atoms with Gasteiger partial charge in [-0.1, -0.05) is 67.4 Å². The Bertz CT molecular complexity index is 625. The van der Waals surface area contributed by atoms with E-state index in [-0.39, 0.29) is 6.10 Å². The van der Waals surface area contributed by atoms with Crippen LogP contribution in [0.5, 0.6) is 0 Å². The van der Waals surface area contributed by atoms with E-state index in [1.54, 1.807) is 35.0 Å². The summed E-state index contributed by atoms with van der Waals surface area (Å²) in [6, 6.07) is 7.19. The minimum atomic E-state index is -0.564. The summed E-state index contributed by atoms with van der Waals surface area (Å²) in [7, 11) is 0. The van der Waals surface area contributed by atoms with Gasteiger partial charge in [0.05, 0.1) is 21.8 Å². The van der Waals surface area contributed by atoms with Crippen LogP contribution in [-0.4, -0.2) is 46.5 Å². The van der Waals surface area contributed by atoms with Crippen molar-refractivity contribution in [1.82, 2.24) is 4.90 Å². The minimum absolute atomic E-state index is 0.194. The molecule has 1 unspecified atom stereocenters. The molecule has 4 N–H and O–H groups in total. The lowest BCUT2D eigenvalue weighted by molar-refractivity contribution is 0.00578. The van der Waals surface area contributed by atoms with Crippen LogP contribution >= 0.6 is 46.1 Å². The summed E-state index contributed by atoms with van der Waals surface area (Å²) in [5.74, 6) is 0. The first-order valence-electron chi connectivity index (χ1n) is 11.0. The summed E-state index contributed by atoms with van der Waals surface area (Å²) in [5, 5.41) is 21.2. The largest absolute Gasteiger partial charge is 0.393 e. The highest BCUT2D eigenvalue weighted by Crippen LogP contribution is 2.33. The number of benzene rings is 1. The van der Waals surface area contributed by atoms with Crippen LogP contribution in [0.15, 0.2) is 48.1 Å². The Hall–Kier alpha value is -0.150. The maximum absolute atomic E-state index is 10.8. The van der Waals surface area contributed by atoms with Crippen molar-refractivity contribution in [3.63, 3.8) is 0 Å². The molecule has 2 aliphatic rings. The van der Waals surface area contributed by atoms with Gasteiger partial charge in [-0.3, -0.25) is 3.95 Å². The van der Waals surface area contributed by atoms with Crippen LogP contribution in [0.2, 0.25) is 10.0 Å². The Balaban J connectivity index is 0.000000625. The van der Waals surface area contributed by atoms with E-state index in [0.29, 0.717) is 10.0 Å². The first-order valence-corrected chi connectivity index (χ1v) is 13.0. The van der Waals surface area contributed by atoms with Gasteiger partial charge in [0.1, 0.15) is 0 Å². The highest BCUT2D eigenvalue weighted by atomic mass is 127. The summed E-state index contributed by atoms with van der Waals surface area (Å²) in [6.07, 6.45) is 11.8. The second-order valence-corrected chi connectivity index (χ2v) is 8.25. The molecule has 1 aliphatic heterocycles. The summed E-state index contributed by atoms with van der Waals surface area (Å²) in [4.78, 5) is 2.41. The Kier molecular flexibility index (Phi) is 18.2. The molecular weight excluding hydrogens is 546 g/mol. The fourth-order valence-electron chi connectivity index (χ4n) is 3.51. The zero-order valence-corrected chi connectivity index (χ0v) is 22.7. The minimum Gasteiger partial charge on any atom is -0.393 e. The summed E-state index contributed by atoms with van der Waals surface area (Å²) < 4.78 is 4.47. The van der Waals surface area contributed by atoms with Crippen LogP contribution in [0.25, 0.3) is 0 Å². The lowest BCUT2D eigenvalue weighted by Crippen LogP contribution is -2.46. The first kappa shape index (κ1) is 30.9. The molecule has 1 aliphatic carbocycles. The number of rotatable bonds is 5. The number of aliphatic hydroxyl groups is 2. The van der Waals surface area contributed by atoms with Crippen molar-refractivity contribution in [2.45, 2.75) is 71.0 Å². The van der Waals surface area contributed by atoms with Gasteiger partial charge in [0, 0.05) is 36.0 Å². The molecule has 0 saturated carbocycles. The third kappa shape index (κ3) is 12.6. The SMILES string of the molecule is CC.CC(O)CCCN1CCC(O)(C2=CC=CCC2)CC1.Clc1ccccc1Cl.NI. The van der Waals surface area contributed by atoms with E-state index in [2.05, 4.69) is 27.1 Å². The van der Waals surface area contributed by atoms with Crippen molar-refractivity contribution < 1.29 is 10.2 Å². The van der Waals surface area contributed by atoms with Gasteiger partial charge in [-0.05, 0) is 69.7 Å². The second-order valence-electron chi connectivity index (χ2n) is 7.44. The maximum Gasteiger partial charge on any atom is 0.0884 e. The molecule has 1 aromatic rings. The fraction of sp³-hybridized carbons (Fsp3) is 0.583. The predicted octanol–water partition coefficient (Wildman–Crippen LogP) is 6.57. The second kappa shape index (κ2) is 18.3. The highest BCUT2D eigenvalue weighted by molar-refractivity contribution is 14.1. The number of aliphatic hydroxyl groups excluding tert-OH is 1. The van der Waals surface area contributed by atoms with Crippen LogP contribution < -0.4 is 3.95 Å². The van der Waals surface area contributed by atoms with E-state index in [1.165, 1.54) is 5.57 Å². The van der Waals surface area contributed by atoms with Crippen molar-refractivity contribution in [2.24, 2.45) is 3.95 Å². The molecule has 7 heteroatoms. The van der Waals surface area contributed by atoms with Crippen molar-refractivity contribution in [3.05, 3.63) is 58.1 Å². The zero-order chi connectivity index (χ0) is 23.7. The normalized spacial score (nSPS) is 18.2. The van der Waals surface area contributed by atoms with Gasteiger partial charge in [0.15, 0.2) is 0 Å². The molecule has 4 nitrogen and oxygen atoms in total. The third-order valence-electron chi connectivity index (χ3n) is 5.22. The van der Waals surface area contributed by atoms with E-state index < -0.39 is 5.60 Å². The lowest BCUT2D eigenvalue weighted by Gasteiger charge is -2.40. The van der Waals surface area contributed by atoms with Crippen LogP contribution in [0.4, 0.5) is 0 Å². The highest BCUT2D eigenvalue weighted by Gasteiger charge is 2.35. The van der Waals surface area contributed by atoms with Gasteiger partial charge in [-0.25, -0.2) is 0 Å². The van der Waals surface area contributed by atoms with Crippen LogP contribution in [-0.2, 0) is 0 Å². The van der Waals surface area contributed by atoms with Crippen molar-refractivity contribution in [1.29, 1.82) is 0 Å². The van der Waals surface area contributed by atoms with Crippen molar-refractivity contribution in [2.75, 3.05) is 19.6 Å². The predicted molar refractivity (Wildman–Crippen MR) is 144 cm³/mol. The molecule has 0 spiro atoms. The number of nitrogens with zero attached hydrogens (tertiary/aromatic N) is 1. The number of halogens is 3. The molecule has 0 bridgehead atoms. The van der Waals surface area contributed by atoms with E-state index in [0.717, 1.165) is 58.2 Å². The molecule has 0 amide bonds. The number of hydrogen-bond acceptors (Lipinski definition) is 4. The van der Waals surface area contributed by atoms with Gasteiger partial charge < -0.3 is 15.1 Å². The first-order chi connectivity index (χ1) is 14.9. The number of hydrogen-bond donors (Lipinski definition) is 3. The van der Waals surface area contributed by atoms with Gasteiger partial charge in [0.2, 0.25) is 0 Å². The van der Waals surface area contributed by atoms with Gasteiger partial charge in [0.25, 0.3) is 0 Å². The quantitative estimate of drug-likeness (QED) is 0.270. The summed E-state index contributed by atoms with van der Waals surface area (Å²) in [6.45, 7) is 8.83. The van der Waals surface area contributed by atoms with E-state index >= 15 is 0 Å². The summed E-state index contributed by atoms with van der Waals surface area (Å²) >= 11 is 12.8. The van der Waals surface area contributed by atoms with Crippen molar-refractivity contribution in [3.8, 4) is 0 Å². The molecule has 3 rings (SSSR count). The third-order valence-corrected chi connectivity index (χ3v) is 5.97. The summed E-state index contributed by atoms with van der Waals surface area (Å²) in [5.41, 5.74) is 0.657. The van der Waals surface area contributed by atoms with Crippen LogP contribution in [0.1, 0.15) is 59.3 Å². The van der Waals surface area contributed by atoms with Crippen LogP contribution in [0, 0.1) is 0 Å². The van der Waals surface area contributed by atoms with E-state index in [9.17, 15) is 10.2 Å². The number of nitrogens with two attached hydrogens (primary N) is 1. The molecule has 178 valence electrons. The topological polar surface area (TPSA) is 69.7 Å². The maximum atomic E-state index is 10.8. The molecular formula is C24H39Cl2IN2O2. The van der Waals surface area contributed by atoms with Gasteiger partial charge >= 0.3 is 0 Å². The number of piperidine rings is 1. The zero-order valence-electron chi connectivity index (χ0n) is 19.0. The Labute approximate surface area is 213 Å². The molecule has 1 atom stereocenters. The van der Waals surface area contributed by atoms with Crippen molar-refractivity contribution >= 4 is 46.1 Å². The molecule has 1 fully saturated rings. The van der Waals surface area contributed by atoms with E-state index in [1.807, 2.05) is 32.9 Å². The van der Waals surface area contributed by atoms with Crippen LogP contribution in [0.3, 0.4) is 0 Å². The molecule has 1 aromatic carbocycles. The van der Waals surface area contributed by atoms with Gasteiger partial charge in [-0.2, -0.15) is 0 Å². The molecule has 1 saturated heterocycles. The monoisotopic (exact) mass is 584 g/mol. The fourth-order valence-corrected chi connectivity index (χ4v) is 3.78. The average Bonchev–Trinajstić information content (AvgIpc) is 2.81. The molecule has 0 radical (unpaired) electrons. The Morgan fingerprint density at radius 2 is 1.68 bits per heavy atom. The van der Waals surface area contributed by atoms with Gasteiger partial charge in [-0.15, -0.1) is 0 Å². The Morgan fingerprint density at radius 1 is 1.13 bits per heavy atom. The molecule has 1 heterocycles. The number of allylic oxidation sites excluding steroid dienone is 3. The smallest absolute Gasteiger partial charge is 0.0884 e. The average molecular weight is 585 g/mol. The Morgan fingerprint density at radius 3 is 2.10 bits per heavy atom. The molecule has 31 heavy (non-hydrogen) atoms. The van der Waals surface area contributed by atoms with E-state index in [4.69, 9.17) is 23.2 Å². The number of likely N-dealkylation sites (tertiary alicyclic amines) is 1.